The molecule has 0 aromatic rings. The lowest BCUT2D eigenvalue weighted by Crippen LogP contribution is -2.45. The average molecular weight is 211 g/mol. The zero-order valence-corrected chi connectivity index (χ0v) is 11.1. The molecule has 0 amide bonds. The van der Waals surface area contributed by atoms with Crippen molar-refractivity contribution < 1.29 is 0 Å². The van der Waals surface area contributed by atoms with Crippen LogP contribution in [0, 0.1) is 11.3 Å². The summed E-state index contributed by atoms with van der Waals surface area (Å²) in [6.45, 7) is 10.7. The highest BCUT2D eigenvalue weighted by molar-refractivity contribution is 4.87. The van der Waals surface area contributed by atoms with Crippen LogP contribution in [-0.4, -0.2) is 12.6 Å². The molecule has 0 radical (unpaired) electrons. The summed E-state index contributed by atoms with van der Waals surface area (Å²) in [5.41, 5.74) is 0.518. The van der Waals surface area contributed by atoms with E-state index in [0.29, 0.717) is 5.41 Å². The molecule has 1 N–H and O–H groups in total. The number of hydrogen-bond donors (Lipinski definition) is 1. The summed E-state index contributed by atoms with van der Waals surface area (Å²) in [7, 11) is 0. The molecule has 0 saturated heterocycles. The Balaban J connectivity index is 2.30. The second-order valence-corrected chi connectivity index (χ2v) is 6.09. The molecule has 1 rings (SSSR count). The molecule has 1 aliphatic rings. The average Bonchev–Trinajstić information content (AvgIpc) is 2.16. The van der Waals surface area contributed by atoms with E-state index in [1.165, 1.54) is 45.1 Å². The smallest absolute Gasteiger partial charge is 0.0118 e. The Morgan fingerprint density at radius 2 is 2.07 bits per heavy atom. The van der Waals surface area contributed by atoms with Gasteiger partial charge < -0.3 is 5.32 Å². The molecular weight excluding hydrogens is 182 g/mol. The van der Waals surface area contributed by atoms with Crippen LogP contribution in [0.25, 0.3) is 0 Å². The molecule has 2 atom stereocenters. The van der Waals surface area contributed by atoms with E-state index < -0.39 is 0 Å². The lowest BCUT2D eigenvalue weighted by Gasteiger charge is -2.39. The first-order chi connectivity index (χ1) is 7.06. The van der Waals surface area contributed by atoms with Gasteiger partial charge in [-0.15, -0.1) is 0 Å². The van der Waals surface area contributed by atoms with Crippen LogP contribution in [-0.2, 0) is 0 Å². The molecule has 0 spiro atoms. The summed E-state index contributed by atoms with van der Waals surface area (Å²) in [4.78, 5) is 0. The van der Waals surface area contributed by atoms with Crippen molar-refractivity contribution in [1.82, 2.24) is 5.32 Å². The van der Waals surface area contributed by atoms with Gasteiger partial charge in [0.15, 0.2) is 0 Å². The first kappa shape index (κ1) is 13.0. The van der Waals surface area contributed by atoms with Crippen LogP contribution in [0.4, 0.5) is 0 Å². The number of rotatable bonds is 5. The van der Waals surface area contributed by atoms with Gasteiger partial charge in [-0.25, -0.2) is 0 Å². The Kier molecular flexibility index (Phi) is 5.11. The van der Waals surface area contributed by atoms with Gasteiger partial charge in [0, 0.05) is 6.04 Å². The summed E-state index contributed by atoms with van der Waals surface area (Å²) in [5.74, 6) is 0.840. The molecule has 1 aliphatic carbocycles. The predicted octanol–water partition coefficient (Wildman–Crippen LogP) is 3.98. The van der Waals surface area contributed by atoms with Gasteiger partial charge in [0.05, 0.1) is 0 Å². The van der Waals surface area contributed by atoms with Crippen LogP contribution in [0.15, 0.2) is 0 Å². The SMILES string of the molecule is CCCC(C)CNC1CCCCC1(C)C. The zero-order valence-electron chi connectivity index (χ0n) is 11.1. The van der Waals surface area contributed by atoms with Crippen LogP contribution in [0.3, 0.4) is 0 Å². The molecule has 2 unspecified atom stereocenters. The lowest BCUT2D eigenvalue weighted by molar-refractivity contribution is 0.163. The Morgan fingerprint density at radius 3 is 2.67 bits per heavy atom. The van der Waals surface area contributed by atoms with Crippen LogP contribution >= 0.6 is 0 Å². The van der Waals surface area contributed by atoms with Gasteiger partial charge in [0.2, 0.25) is 0 Å². The topological polar surface area (TPSA) is 12.0 Å². The molecule has 0 heterocycles. The summed E-state index contributed by atoms with van der Waals surface area (Å²) in [5, 5.41) is 3.80. The van der Waals surface area contributed by atoms with Gasteiger partial charge in [-0.2, -0.15) is 0 Å². The van der Waals surface area contributed by atoms with E-state index in [1.54, 1.807) is 0 Å². The van der Waals surface area contributed by atoms with Crippen molar-refractivity contribution in [2.75, 3.05) is 6.54 Å². The van der Waals surface area contributed by atoms with Gasteiger partial charge in [-0.3, -0.25) is 0 Å². The molecule has 0 aliphatic heterocycles. The van der Waals surface area contributed by atoms with Crippen molar-refractivity contribution in [2.24, 2.45) is 11.3 Å². The maximum absolute atomic E-state index is 3.80. The molecule has 1 nitrogen and oxygen atoms in total. The van der Waals surface area contributed by atoms with Crippen LogP contribution < -0.4 is 5.32 Å². The van der Waals surface area contributed by atoms with Gasteiger partial charge in [-0.05, 0) is 37.1 Å². The molecule has 1 fully saturated rings. The first-order valence-corrected chi connectivity index (χ1v) is 6.79. The van der Waals surface area contributed by atoms with Crippen molar-refractivity contribution in [2.45, 2.75) is 72.3 Å². The number of hydrogen-bond acceptors (Lipinski definition) is 1. The molecule has 15 heavy (non-hydrogen) atoms. The number of nitrogens with one attached hydrogen (secondary N) is 1. The zero-order chi connectivity index (χ0) is 11.3. The molecule has 1 saturated carbocycles. The van der Waals surface area contributed by atoms with Gasteiger partial charge >= 0.3 is 0 Å². The van der Waals surface area contributed by atoms with Crippen molar-refractivity contribution in [3.63, 3.8) is 0 Å². The van der Waals surface area contributed by atoms with Crippen molar-refractivity contribution >= 4 is 0 Å². The monoisotopic (exact) mass is 211 g/mol. The first-order valence-electron chi connectivity index (χ1n) is 6.79. The van der Waals surface area contributed by atoms with E-state index in [2.05, 4.69) is 33.0 Å². The fourth-order valence-electron chi connectivity index (χ4n) is 2.81. The van der Waals surface area contributed by atoms with E-state index in [-0.39, 0.29) is 0 Å². The van der Waals surface area contributed by atoms with Gasteiger partial charge in [0.1, 0.15) is 0 Å². The van der Waals surface area contributed by atoms with Crippen molar-refractivity contribution in [3.05, 3.63) is 0 Å². The van der Waals surface area contributed by atoms with Crippen molar-refractivity contribution in [3.8, 4) is 0 Å². The van der Waals surface area contributed by atoms with Crippen LogP contribution in [0.1, 0.15) is 66.2 Å². The van der Waals surface area contributed by atoms with Gasteiger partial charge in [-0.1, -0.05) is 47.0 Å². The van der Waals surface area contributed by atoms with E-state index in [4.69, 9.17) is 0 Å². The molecule has 90 valence electrons. The van der Waals surface area contributed by atoms with Crippen molar-refractivity contribution in [1.29, 1.82) is 0 Å². The fraction of sp³-hybridized carbons (Fsp3) is 1.00. The molecule has 0 aromatic heterocycles. The summed E-state index contributed by atoms with van der Waals surface area (Å²) < 4.78 is 0. The Bertz CT molecular complexity index is 174. The minimum absolute atomic E-state index is 0.518. The summed E-state index contributed by atoms with van der Waals surface area (Å²) in [6, 6.07) is 0.755. The third-order valence-corrected chi connectivity index (χ3v) is 4.00. The predicted molar refractivity (Wildman–Crippen MR) is 68.1 cm³/mol. The summed E-state index contributed by atoms with van der Waals surface area (Å²) in [6.07, 6.45) is 8.30. The summed E-state index contributed by atoms with van der Waals surface area (Å²) >= 11 is 0. The highest BCUT2D eigenvalue weighted by atomic mass is 14.9. The van der Waals surface area contributed by atoms with E-state index >= 15 is 0 Å². The van der Waals surface area contributed by atoms with E-state index in [9.17, 15) is 0 Å². The maximum atomic E-state index is 3.80. The minimum atomic E-state index is 0.518. The second-order valence-electron chi connectivity index (χ2n) is 6.09. The fourth-order valence-corrected chi connectivity index (χ4v) is 2.81. The molecule has 0 bridgehead atoms. The van der Waals surface area contributed by atoms with E-state index in [1.807, 2.05) is 0 Å². The van der Waals surface area contributed by atoms with Gasteiger partial charge in [0.25, 0.3) is 0 Å². The Labute approximate surface area is 96.0 Å². The minimum Gasteiger partial charge on any atom is -0.313 e. The Hall–Kier alpha value is -0.0400. The van der Waals surface area contributed by atoms with Crippen LogP contribution in [0.5, 0.6) is 0 Å². The molecular formula is C14H29N. The second kappa shape index (κ2) is 5.89. The quantitative estimate of drug-likeness (QED) is 0.725. The lowest BCUT2D eigenvalue weighted by atomic mass is 9.73. The largest absolute Gasteiger partial charge is 0.313 e. The maximum Gasteiger partial charge on any atom is 0.0118 e. The highest BCUT2D eigenvalue weighted by Gasteiger charge is 2.31. The highest BCUT2D eigenvalue weighted by Crippen LogP contribution is 2.35. The third-order valence-electron chi connectivity index (χ3n) is 4.00. The van der Waals surface area contributed by atoms with E-state index in [0.717, 1.165) is 12.0 Å². The third kappa shape index (κ3) is 4.14. The molecule has 1 heteroatoms. The Morgan fingerprint density at radius 1 is 1.33 bits per heavy atom. The van der Waals surface area contributed by atoms with Crippen LogP contribution in [0.2, 0.25) is 0 Å². The molecule has 0 aromatic carbocycles. The standard InChI is InChI=1S/C14H29N/c1-5-8-12(2)11-15-13-9-6-7-10-14(13,3)4/h12-13,15H,5-11H2,1-4H3. The normalized spacial score (nSPS) is 27.6.